The first-order valence-electron chi connectivity index (χ1n) is 6.50. The standard InChI is InChI=1S/C15H21NO2/c1-15(2,3)18-14(17)16-13-9-8-11-6-4-5-7-12(11)10-13/h4-7,13H,8-10H2,1-3H3,(H,16,17)/t13-/m0/s1. The lowest BCUT2D eigenvalue weighted by molar-refractivity contribution is 0.0500. The quantitative estimate of drug-likeness (QED) is 0.828. The lowest BCUT2D eigenvalue weighted by Gasteiger charge is -2.27. The van der Waals surface area contributed by atoms with E-state index in [1.165, 1.54) is 11.1 Å². The topological polar surface area (TPSA) is 38.3 Å². The van der Waals surface area contributed by atoms with Crippen molar-refractivity contribution < 1.29 is 9.53 Å². The molecule has 0 bridgehead atoms. The summed E-state index contributed by atoms with van der Waals surface area (Å²) < 4.78 is 5.28. The fourth-order valence-corrected chi connectivity index (χ4v) is 2.30. The molecule has 0 aliphatic heterocycles. The number of carbonyl (C=O) groups is 1. The highest BCUT2D eigenvalue weighted by Crippen LogP contribution is 2.21. The zero-order valence-electron chi connectivity index (χ0n) is 11.3. The Morgan fingerprint density at radius 1 is 1.28 bits per heavy atom. The summed E-state index contributed by atoms with van der Waals surface area (Å²) in [5.74, 6) is 0. The van der Waals surface area contributed by atoms with Gasteiger partial charge < -0.3 is 10.1 Å². The summed E-state index contributed by atoms with van der Waals surface area (Å²) in [4.78, 5) is 11.7. The molecule has 1 atom stereocenters. The lowest BCUT2D eigenvalue weighted by Crippen LogP contribution is -2.41. The van der Waals surface area contributed by atoms with Crippen LogP contribution in [0.3, 0.4) is 0 Å². The van der Waals surface area contributed by atoms with E-state index in [9.17, 15) is 4.79 Å². The van der Waals surface area contributed by atoms with Crippen molar-refractivity contribution in [1.29, 1.82) is 0 Å². The van der Waals surface area contributed by atoms with E-state index in [0.717, 1.165) is 19.3 Å². The third kappa shape index (κ3) is 3.49. The number of carbonyl (C=O) groups excluding carboxylic acids is 1. The lowest BCUT2D eigenvalue weighted by atomic mass is 9.88. The summed E-state index contributed by atoms with van der Waals surface area (Å²) in [6.45, 7) is 5.63. The highest BCUT2D eigenvalue weighted by atomic mass is 16.6. The van der Waals surface area contributed by atoms with Gasteiger partial charge in [0, 0.05) is 6.04 Å². The number of hydrogen-bond donors (Lipinski definition) is 1. The molecule has 0 aromatic heterocycles. The predicted molar refractivity (Wildman–Crippen MR) is 71.6 cm³/mol. The normalized spacial score (nSPS) is 18.9. The van der Waals surface area contributed by atoms with Crippen molar-refractivity contribution >= 4 is 6.09 Å². The number of hydrogen-bond acceptors (Lipinski definition) is 2. The van der Waals surface area contributed by atoms with E-state index in [1.807, 2.05) is 20.8 Å². The van der Waals surface area contributed by atoms with Crippen LogP contribution in [0.15, 0.2) is 24.3 Å². The molecular formula is C15H21NO2. The van der Waals surface area contributed by atoms with Gasteiger partial charge in [0.2, 0.25) is 0 Å². The molecule has 0 heterocycles. The molecule has 1 N–H and O–H groups in total. The summed E-state index contributed by atoms with van der Waals surface area (Å²) in [5, 5.41) is 2.96. The maximum absolute atomic E-state index is 11.7. The van der Waals surface area contributed by atoms with E-state index in [2.05, 4.69) is 29.6 Å². The smallest absolute Gasteiger partial charge is 0.407 e. The van der Waals surface area contributed by atoms with Gasteiger partial charge >= 0.3 is 6.09 Å². The van der Waals surface area contributed by atoms with Crippen LogP contribution in [0.4, 0.5) is 4.79 Å². The van der Waals surface area contributed by atoms with Crippen molar-refractivity contribution in [2.75, 3.05) is 0 Å². The highest BCUT2D eigenvalue weighted by molar-refractivity contribution is 5.68. The maximum atomic E-state index is 11.7. The first kappa shape index (κ1) is 12.9. The molecule has 0 saturated heterocycles. The molecule has 0 fully saturated rings. The van der Waals surface area contributed by atoms with E-state index in [-0.39, 0.29) is 12.1 Å². The zero-order valence-corrected chi connectivity index (χ0v) is 11.3. The Bertz CT molecular complexity index is 434. The summed E-state index contributed by atoms with van der Waals surface area (Å²) in [6.07, 6.45) is 2.59. The molecule has 18 heavy (non-hydrogen) atoms. The van der Waals surface area contributed by atoms with E-state index < -0.39 is 5.60 Å². The van der Waals surface area contributed by atoms with Crippen LogP contribution in [0, 0.1) is 0 Å². The molecule has 0 saturated carbocycles. The van der Waals surface area contributed by atoms with Crippen molar-refractivity contribution in [3.8, 4) is 0 Å². The summed E-state index contributed by atoms with van der Waals surface area (Å²) in [6, 6.07) is 8.61. The molecule has 1 amide bonds. The van der Waals surface area contributed by atoms with Crippen molar-refractivity contribution in [3.05, 3.63) is 35.4 Å². The molecule has 1 aromatic carbocycles. The monoisotopic (exact) mass is 247 g/mol. The molecule has 1 aliphatic rings. The van der Waals surface area contributed by atoms with Gasteiger partial charge in [0.05, 0.1) is 0 Å². The average Bonchev–Trinajstić information content (AvgIpc) is 2.26. The number of alkyl carbamates (subject to hydrolysis) is 1. The average molecular weight is 247 g/mol. The van der Waals surface area contributed by atoms with Crippen LogP contribution in [0.25, 0.3) is 0 Å². The predicted octanol–water partition coefficient (Wildman–Crippen LogP) is 3.07. The maximum Gasteiger partial charge on any atom is 0.407 e. The van der Waals surface area contributed by atoms with Crippen LogP contribution < -0.4 is 5.32 Å². The van der Waals surface area contributed by atoms with Gasteiger partial charge in [0.1, 0.15) is 5.60 Å². The summed E-state index contributed by atoms with van der Waals surface area (Å²) in [5.41, 5.74) is 2.31. The van der Waals surface area contributed by atoms with Gasteiger partial charge in [0.15, 0.2) is 0 Å². The van der Waals surface area contributed by atoms with Crippen LogP contribution in [-0.2, 0) is 17.6 Å². The van der Waals surface area contributed by atoms with E-state index in [0.29, 0.717) is 0 Å². The van der Waals surface area contributed by atoms with Crippen molar-refractivity contribution in [3.63, 3.8) is 0 Å². The second-order valence-electron chi connectivity index (χ2n) is 5.85. The fraction of sp³-hybridized carbons (Fsp3) is 0.533. The second kappa shape index (κ2) is 5.01. The molecule has 3 nitrogen and oxygen atoms in total. The van der Waals surface area contributed by atoms with Crippen LogP contribution in [0.2, 0.25) is 0 Å². The van der Waals surface area contributed by atoms with Crippen LogP contribution in [0.5, 0.6) is 0 Å². The first-order valence-corrected chi connectivity index (χ1v) is 6.50. The Kier molecular flexibility index (Phi) is 3.60. The van der Waals surface area contributed by atoms with Gasteiger partial charge in [-0.15, -0.1) is 0 Å². The Labute approximate surface area is 109 Å². The van der Waals surface area contributed by atoms with Crippen molar-refractivity contribution in [2.24, 2.45) is 0 Å². The molecule has 0 spiro atoms. The van der Waals surface area contributed by atoms with Gasteiger partial charge in [-0.25, -0.2) is 4.79 Å². The third-order valence-electron chi connectivity index (χ3n) is 3.07. The first-order chi connectivity index (χ1) is 8.44. The number of benzene rings is 1. The van der Waals surface area contributed by atoms with Gasteiger partial charge in [-0.2, -0.15) is 0 Å². The fourth-order valence-electron chi connectivity index (χ4n) is 2.30. The minimum atomic E-state index is -0.434. The Balaban J connectivity index is 1.92. The van der Waals surface area contributed by atoms with E-state index in [4.69, 9.17) is 4.74 Å². The Morgan fingerprint density at radius 3 is 2.61 bits per heavy atom. The molecule has 3 heteroatoms. The zero-order chi connectivity index (χ0) is 13.2. The van der Waals surface area contributed by atoms with E-state index in [1.54, 1.807) is 0 Å². The van der Waals surface area contributed by atoms with E-state index >= 15 is 0 Å². The number of ether oxygens (including phenoxy) is 1. The minimum Gasteiger partial charge on any atom is -0.444 e. The van der Waals surface area contributed by atoms with Gasteiger partial charge in [-0.05, 0) is 51.2 Å². The SMILES string of the molecule is CC(C)(C)OC(=O)N[C@H]1CCc2ccccc2C1. The molecule has 0 radical (unpaired) electrons. The van der Waals surface area contributed by atoms with Crippen LogP contribution >= 0.6 is 0 Å². The van der Waals surface area contributed by atoms with Gasteiger partial charge in [-0.3, -0.25) is 0 Å². The summed E-state index contributed by atoms with van der Waals surface area (Å²) in [7, 11) is 0. The molecular weight excluding hydrogens is 226 g/mol. The Hall–Kier alpha value is -1.51. The van der Waals surface area contributed by atoms with Gasteiger partial charge in [0.25, 0.3) is 0 Å². The van der Waals surface area contributed by atoms with Crippen LogP contribution in [0.1, 0.15) is 38.3 Å². The Morgan fingerprint density at radius 2 is 1.94 bits per heavy atom. The molecule has 98 valence electrons. The number of fused-ring (bicyclic) bond motifs is 1. The molecule has 2 rings (SSSR count). The molecule has 1 aliphatic carbocycles. The summed E-state index contributed by atoms with van der Waals surface area (Å²) >= 11 is 0. The molecule has 0 unspecified atom stereocenters. The van der Waals surface area contributed by atoms with Crippen molar-refractivity contribution in [1.82, 2.24) is 5.32 Å². The van der Waals surface area contributed by atoms with Crippen LogP contribution in [-0.4, -0.2) is 17.7 Å². The third-order valence-corrected chi connectivity index (χ3v) is 3.07. The number of nitrogens with one attached hydrogen (secondary N) is 1. The highest BCUT2D eigenvalue weighted by Gasteiger charge is 2.22. The van der Waals surface area contributed by atoms with Gasteiger partial charge in [-0.1, -0.05) is 24.3 Å². The number of aryl methyl sites for hydroxylation is 1. The number of rotatable bonds is 1. The second-order valence-corrected chi connectivity index (χ2v) is 5.85. The minimum absolute atomic E-state index is 0.190. The number of amides is 1. The van der Waals surface area contributed by atoms with Crippen molar-refractivity contribution in [2.45, 2.75) is 51.7 Å². The largest absolute Gasteiger partial charge is 0.444 e. The molecule has 1 aromatic rings.